The Balaban J connectivity index is 1.75. The molecule has 5 heteroatoms. The van der Waals surface area contributed by atoms with Crippen LogP contribution in [0.5, 0.6) is 0 Å². The molecule has 1 amide bonds. The summed E-state index contributed by atoms with van der Waals surface area (Å²) in [5, 5.41) is 12.3. The van der Waals surface area contributed by atoms with Crippen LogP contribution in [0.25, 0.3) is 0 Å². The average molecular weight is 351 g/mol. The minimum absolute atomic E-state index is 0.0970. The maximum atomic E-state index is 12.6. The molecule has 142 valence electrons. The maximum Gasteiger partial charge on any atom is 0.286 e. The Labute approximate surface area is 151 Å². The molecule has 2 N–H and O–H groups in total. The van der Waals surface area contributed by atoms with Crippen LogP contribution in [0.4, 0.5) is 0 Å². The predicted octanol–water partition coefficient (Wildman–Crippen LogP) is 2.98. The van der Waals surface area contributed by atoms with Gasteiger partial charge in [0.1, 0.15) is 0 Å². The van der Waals surface area contributed by atoms with Crippen molar-refractivity contribution in [2.75, 3.05) is 19.8 Å². The molecule has 2 fully saturated rings. The van der Waals surface area contributed by atoms with E-state index in [0.29, 0.717) is 30.1 Å². The molecule has 1 heterocycles. The molecule has 25 heavy (non-hydrogen) atoms. The summed E-state index contributed by atoms with van der Waals surface area (Å²) in [7, 11) is 0. The topological polar surface area (TPSA) is 67.8 Å². The van der Waals surface area contributed by atoms with Crippen molar-refractivity contribution >= 4 is 5.91 Å². The van der Waals surface area contributed by atoms with Gasteiger partial charge in [-0.1, -0.05) is 12.8 Å². The van der Waals surface area contributed by atoms with Gasteiger partial charge in [0.15, 0.2) is 5.76 Å². The first kappa shape index (κ1) is 18.7. The van der Waals surface area contributed by atoms with Crippen LogP contribution in [0.3, 0.4) is 0 Å². The molecule has 2 aliphatic carbocycles. The van der Waals surface area contributed by atoms with Gasteiger partial charge in [0.25, 0.3) is 5.91 Å². The fourth-order valence-electron chi connectivity index (χ4n) is 4.31. The van der Waals surface area contributed by atoms with E-state index in [1.54, 1.807) is 0 Å². The highest BCUT2D eigenvalue weighted by molar-refractivity contribution is 5.91. The molecule has 5 nitrogen and oxygen atoms in total. The third-order valence-corrected chi connectivity index (χ3v) is 5.87. The fraction of sp³-hybridized carbons (Fsp3) is 0.850. The lowest BCUT2D eigenvalue weighted by atomic mass is 9.76. The first-order valence-corrected chi connectivity index (χ1v) is 10.1. The number of ether oxygens (including phenoxy) is 2. The van der Waals surface area contributed by atoms with Crippen LogP contribution >= 0.6 is 0 Å². The Morgan fingerprint density at radius 1 is 1.32 bits per heavy atom. The van der Waals surface area contributed by atoms with Crippen LogP contribution in [0.2, 0.25) is 0 Å². The van der Waals surface area contributed by atoms with Crippen molar-refractivity contribution in [1.82, 2.24) is 5.32 Å². The minimum Gasteiger partial charge on any atom is -0.459 e. The number of hydrogen-bond donors (Lipinski definition) is 2. The molecule has 0 radical (unpaired) electrons. The molecule has 2 saturated carbocycles. The van der Waals surface area contributed by atoms with Crippen LogP contribution in [0, 0.1) is 23.7 Å². The summed E-state index contributed by atoms with van der Waals surface area (Å²) in [6.07, 6.45) is 10.7. The number of allylic oxidation sites excluding steroid dienone is 1. The second-order valence-electron chi connectivity index (χ2n) is 7.78. The van der Waals surface area contributed by atoms with E-state index in [1.807, 2.05) is 6.92 Å². The van der Waals surface area contributed by atoms with Crippen molar-refractivity contribution in [3.63, 3.8) is 0 Å². The molecule has 0 aromatic heterocycles. The van der Waals surface area contributed by atoms with Gasteiger partial charge in [0.05, 0.1) is 0 Å². The van der Waals surface area contributed by atoms with Crippen molar-refractivity contribution in [2.45, 2.75) is 64.6 Å². The summed E-state index contributed by atoms with van der Waals surface area (Å²) in [5.41, 5.74) is 0. The zero-order valence-corrected chi connectivity index (χ0v) is 15.4. The third-order valence-electron chi connectivity index (χ3n) is 5.87. The van der Waals surface area contributed by atoms with Gasteiger partial charge in [-0.2, -0.15) is 0 Å². The average Bonchev–Trinajstić information content (AvgIpc) is 3.29. The molecule has 0 spiro atoms. The molecule has 0 bridgehead atoms. The Bertz CT molecular complexity index is 468. The van der Waals surface area contributed by atoms with Gasteiger partial charge in [-0.15, -0.1) is 0 Å². The van der Waals surface area contributed by atoms with E-state index in [4.69, 9.17) is 9.47 Å². The Morgan fingerprint density at radius 2 is 2.08 bits per heavy atom. The lowest BCUT2D eigenvalue weighted by molar-refractivity contribution is -0.176. The van der Waals surface area contributed by atoms with Crippen LogP contribution in [0.1, 0.15) is 58.3 Å². The number of carbonyl (C=O) groups is 1. The number of aliphatic hydroxyl groups excluding tert-OH is 1. The van der Waals surface area contributed by atoms with Crippen LogP contribution in [-0.2, 0) is 14.3 Å². The summed E-state index contributed by atoms with van der Waals surface area (Å²) in [4.78, 5) is 12.6. The second-order valence-corrected chi connectivity index (χ2v) is 7.78. The van der Waals surface area contributed by atoms with Crippen LogP contribution in [0.15, 0.2) is 11.8 Å². The van der Waals surface area contributed by atoms with E-state index in [9.17, 15) is 9.90 Å². The molecule has 3 aliphatic rings. The highest BCUT2D eigenvalue weighted by Gasteiger charge is 2.41. The van der Waals surface area contributed by atoms with Gasteiger partial charge in [-0.05, 0) is 69.3 Å². The first-order valence-electron chi connectivity index (χ1n) is 10.1. The number of rotatable bonds is 9. The molecule has 0 aromatic rings. The summed E-state index contributed by atoms with van der Waals surface area (Å²) >= 11 is 0. The first-order chi connectivity index (χ1) is 12.2. The molecule has 0 saturated heterocycles. The second kappa shape index (κ2) is 9.04. The summed E-state index contributed by atoms with van der Waals surface area (Å²) in [6.45, 7) is 3.46. The standard InChI is InChI=1S/C20H33NO4/c1-2-24-20-16(8-5-11-22)17(15-6-3-4-7-15)12-18(25-20)19(23)21-13-14-9-10-14/h12,14-17,20,22H,2-11,13H2,1H3,(H,21,23)/t16-,17+,20+/m0/s1. The molecule has 3 rings (SSSR count). The number of aliphatic hydroxyl groups is 1. The fourth-order valence-corrected chi connectivity index (χ4v) is 4.31. The quantitative estimate of drug-likeness (QED) is 0.670. The predicted molar refractivity (Wildman–Crippen MR) is 95.6 cm³/mol. The van der Waals surface area contributed by atoms with Gasteiger partial charge in [-0.3, -0.25) is 4.79 Å². The van der Waals surface area contributed by atoms with Gasteiger partial charge in [0.2, 0.25) is 6.29 Å². The number of amides is 1. The van der Waals surface area contributed by atoms with Crippen LogP contribution in [-0.4, -0.2) is 37.1 Å². The van der Waals surface area contributed by atoms with Crippen molar-refractivity contribution in [3.8, 4) is 0 Å². The summed E-state index contributed by atoms with van der Waals surface area (Å²) < 4.78 is 11.9. The Morgan fingerprint density at radius 3 is 2.72 bits per heavy atom. The minimum atomic E-state index is -0.381. The van der Waals surface area contributed by atoms with E-state index in [0.717, 1.165) is 19.4 Å². The molecular weight excluding hydrogens is 318 g/mol. The zero-order chi connectivity index (χ0) is 17.6. The third kappa shape index (κ3) is 4.98. The number of hydrogen-bond acceptors (Lipinski definition) is 4. The smallest absolute Gasteiger partial charge is 0.286 e. The van der Waals surface area contributed by atoms with E-state index in [2.05, 4.69) is 11.4 Å². The van der Waals surface area contributed by atoms with Crippen molar-refractivity contribution in [3.05, 3.63) is 11.8 Å². The highest BCUT2D eigenvalue weighted by Crippen LogP contribution is 2.43. The van der Waals surface area contributed by atoms with Gasteiger partial charge < -0.3 is 19.9 Å². The van der Waals surface area contributed by atoms with Gasteiger partial charge in [-0.25, -0.2) is 0 Å². The molecule has 3 atom stereocenters. The van der Waals surface area contributed by atoms with Crippen molar-refractivity contribution in [2.24, 2.45) is 23.7 Å². The summed E-state index contributed by atoms with van der Waals surface area (Å²) in [6, 6.07) is 0. The van der Waals surface area contributed by atoms with E-state index in [-0.39, 0.29) is 24.7 Å². The number of nitrogens with one attached hydrogen (secondary N) is 1. The largest absolute Gasteiger partial charge is 0.459 e. The van der Waals surface area contributed by atoms with Gasteiger partial charge >= 0.3 is 0 Å². The van der Waals surface area contributed by atoms with E-state index >= 15 is 0 Å². The lowest BCUT2D eigenvalue weighted by Gasteiger charge is -2.39. The van der Waals surface area contributed by atoms with E-state index < -0.39 is 0 Å². The molecule has 0 aromatic carbocycles. The monoisotopic (exact) mass is 351 g/mol. The highest BCUT2D eigenvalue weighted by atomic mass is 16.7. The Hall–Kier alpha value is -1.07. The van der Waals surface area contributed by atoms with Gasteiger partial charge in [0, 0.05) is 25.7 Å². The molecular formula is C20H33NO4. The van der Waals surface area contributed by atoms with Crippen molar-refractivity contribution < 1.29 is 19.4 Å². The number of carbonyl (C=O) groups excluding carboxylic acids is 1. The van der Waals surface area contributed by atoms with Crippen molar-refractivity contribution in [1.29, 1.82) is 0 Å². The van der Waals surface area contributed by atoms with Crippen LogP contribution < -0.4 is 5.32 Å². The SMILES string of the molecule is CCO[C@@H]1OC(C(=O)NCC2CC2)=C[C@H](C2CCCC2)[C@@H]1CCCO. The molecule has 1 aliphatic heterocycles. The Kier molecular flexibility index (Phi) is 6.77. The zero-order valence-electron chi connectivity index (χ0n) is 15.4. The van der Waals surface area contributed by atoms with E-state index in [1.165, 1.54) is 38.5 Å². The summed E-state index contributed by atoms with van der Waals surface area (Å²) in [5.74, 6) is 2.12. The lowest BCUT2D eigenvalue weighted by Crippen LogP contribution is -2.41. The normalized spacial score (nSPS) is 30.0. The maximum absolute atomic E-state index is 12.6. The molecule has 0 unspecified atom stereocenters.